The fraction of sp³-hybridized carbons (Fsp3) is 0.941. The second kappa shape index (κ2) is 5.45. The molecule has 0 aromatic heterocycles. The quantitative estimate of drug-likeness (QED) is 0.803. The molecule has 3 rings (SSSR count). The molecule has 21 heavy (non-hydrogen) atoms. The molecule has 3 aliphatic rings. The predicted molar refractivity (Wildman–Crippen MR) is 81.1 cm³/mol. The van der Waals surface area contributed by atoms with E-state index in [1.165, 1.54) is 19.3 Å². The van der Waals surface area contributed by atoms with Crippen LogP contribution in [0.1, 0.15) is 65.7 Å². The summed E-state index contributed by atoms with van der Waals surface area (Å²) in [5.74, 6) is 1.74. The first-order valence-electron chi connectivity index (χ1n) is 8.49. The van der Waals surface area contributed by atoms with Gasteiger partial charge in [0.2, 0.25) is 0 Å². The number of amides is 1. The predicted octanol–water partition coefficient (Wildman–Crippen LogP) is 3.64. The Hall–Kier alpha value is -0.770. The van der Waals surface area contributed by atoms with Crippen LogP contribution in [0.4, 0.5) is 4.79 Å². The van der Waals surface area contributed by atoms with Crippen molar-refractivity contribution < 1.29 is 14.3 Å². The molecular formula is C17H29NO3. The van der Waals surface area contributed by atoms with Crippen molar-refractivity contribution in [1.29, 1.82) is 0 Å². The lowest BCUT2D eigenvalue weighted by Gasteiger charge is -2.40. The fourth-order valence-electron chi connectivity index (χ4n) is 3.95. The molecule has 2 aliphatic carbocycles. The van der Waals surface area contributed by atoms with Gasteiger partial charge in [0.15, 0.2) is 0 Å². The van der Waals surface area contributed by atoms with Crippen molar-refractivity contribution >= 4 is 6.09 Å². The SMILES string of the molecule is CC(C)(C)OC(=O)N[C@@H]1CCC[C@]2(CC[C@H]3C[C@H]3CO2)C1. The van der Waals surface area contributed by atoms with E-state index in [-0.39, 0.29) is 17.7 Å². The minimum absolute atomic E-state index is 0.0192. The minimum Gasteiger partial charge on any atom is -0.444 e. The molecule has 0 unspecified atom stereocenters. The van der Waals surface area contributed by atoms with Gasteiger partial charge in [-0.05, 0) is 77.6 Å². The van der Waals surface area contributed by atoms with E-state index in [2.05, 4.69) is 5.32 Å². The van der Waals surface area contributed by atoms with E-state index in [4.69, 9.17) is 9.47 Å². The van der Waals surface area contributed by atoms with Gasteiger partial charge in [0, 0.05) is 6.04 Å². The number of hydrogen-bond donors (Lipinski definition) is 1. The number of fused-ring (bicyclic) bond motifs is 1. The lowest BCUT2D eigenvalue weighted by molar-refractivity contribution is -0.0804. The molecule has 1 saturated heterocycles. The van der Waals surface area contributed by atoms with Crippen LogP contribution in [0.2, 0.25) is 0 Å². The zero-order valence-electron chi connectivity index (χ0n) is 13.6. The summed E-state index contributed by atoms with van der Waals surface area (Å²) in [4.78, 5) is 12.0. The van der Waals surface area contributed by atoms with Crippen molar-refractivity contribution in [3.8, 4) is 0 Å². The molecule has 4 heteroatoms. The van der Waals surface area contributed by atoms with E-state index >= 15 is 0 Å². The topological polar surface area (TPSA) is 47.6 Å². The van der Waals surface area contributed by atoms with E-state index in [0.717, 1.165) is 44.1 Å². The second-order valence-electron chi connectivity index (χ2n) is 8.23. The number of ether oxygens (including phenoxy) is 2. The van der Waals surface area contributed by atoms with Crippen molar-refractivity contribution in [2.24, 2.45) is 11.8 Å². The van der Waals surface area contributed by atoms with Crippen molar-refractivity contribution in [3.05, 3.63) is 0 Å². The van der Waals surface area contributed by atoms with Gasteiger partial charge in [-0.25, -0.2) is 4.79 Å². The molecule has 1 heterocycles. The Morgan fingerprint density at radius 2 is 2.05 bits per heavy atom. The highest BCUT2D eigenvalue weighted by Gasteiger charge is 2.47. The molecule has 0 aromatic rings. The van der Waals surface area contributed by atoms with Crippen LogP contribution in [0.5, 0.6) is 0 Å². The number of hydrogen-bond acceptors (Lipinski definition) is 3. The Bertz CT molecular complexity index is 389. The Kier molecular flexibility index (Phi) is 3.93. The first kappa shape index (κ1) is 15.1. The molecule has 4 atom stereocenters. The third-order valence-corrected chi connectivity index (χ3v) is 5.17. The Morgan fingerprint density at radius 1 is 1.24 bits per heavy atom. The summed E-state index contributed by atoms with van der Waals surface area (Å²) in [6.07, 6.45) is 7.83. The summed E-state index contributed by atoms with van der Waals surface area (Å²) in [5, 5.41) is 3.05. The van der Waals surface area contributed by atoms with Gasteiger partial charge >= 0.3 is 6.09 Å². The van der Waals surface area contributed by atoms with Crippen LogP contribution in [0.25, 0.3) is 0 Å². The number of rotatable bonds is 1. The largest absolute Gasteiger partial charge is 0.444 e. The molecule has 1 N–H and O–H groups in total. The Morgan fingerprint density at radius 3 is 2.81 bits per heavy atom. The van der Waals surface area contributed by atoms with Crippen LogP contribution in [0.15, 0.2) is 0 Å². The zero-order chi connectivity index (χ0) is 15.1. The van der Waals surface area contributed by atoms with E-state index in [0.29, 0.717) is 0 Å². The molecule has 0 radical (unpaired) electrons. The third-order valence-electron chi connectivity index (χ3n) is 5.17. The summed E-state index contributed by atoms with van der Waals surface area (Å²) in [6.45, 7) is 6.63. The smallest absolute Gasteiger partial charge is 0.407 e. The van der Waals surface area contributed by atoms with Crippen LogP contribution >= 0.6 is 0 Å². The molecule has 1 aliphatic heterocycles. The van der Waals surface area contributed by atoms with Gasteiger partial charge in [0.1, 0.15) is 5.60 Å². The van der Waals surface area contributed by atoms with Gasteiger partial charge in [0.25, 0.3) is 0 Å². The highest BCUT2D eigenvalue weighted by molar-refractivity contribution is 5.68. The minimum atomic E-state index is -0.434. The number of carbonyl (C=O) groups is 1. The van der Waals surface area contributed by atoms with Crippen molar-refractivity contribution in [2.45, 2.75) is 83.0 Å². The van der Waals surface area contributed by atoms with Gasteiger partial charge in [-0.1, -0.05) is 0 Å². The lowest BCUT2D eigenvalue weighted by Crippen LogP contribution is -2.48. The summed E-state index contributed by atoms with van der Waals surface area (Å²) in [6, 6.07) is 0.197. The van der Waals surface area contributed by atoms with Crippen molar-refractivity contribution in [3.63, 3.8) is 0 Å². The maximum atomic E-state index is 12.0. The standard InChI is InChI=1S/C17H29NO3/c1-16(2,3)21-15(19)18-14-5-4-7-17(10-14)8-6-12-9-13(12)11-20-17/h12-14H,4-11H2,1-3H3,(H,18,19)/t12-,13-,14+,17-/m0/s1. The average molecular weight is 295 g/mol. The fourth-order valence-corrected chi connectivity index (χ4v) is 3.95. The monoisotopic (exact) mass is 295 g/mol. The molecular weight excluding hydrogens is 266 g/mol. The first-order chi connectivity index (χ1) is 9.85. The molecule has 2 saturated carbocycles. The van der Waals surface area contributed by atoms with Gasteiger partial charge in [0.05, 0.1) is 12.2 Å². The van der Waals surface area contributed by atoms with Gasteiger partial charge in [-0.15, -0.1) is 0 Å². The molecule has 120 valence electrons. The van der Waals surface area contributed by atoms with Crippen LogP contribution in [0.3, 0.4) is 0 Å². The molecule has 3 fully saturated rings. The summed E-state index contributed by atoms with van der Waals surface area (Å²) in [7, 11) is 0. The summed E-state index contributed by atoms with van der Waals surface area (Å²) < 4.78 is 11.7. The van der Waals surface area contributed by atoms with Crippen molar-refractivity contribution in [2.75, 3.05) is 6.61 Å². The molecule has 1 spiro atoms. The highest BCUT2D eigenvalue weighted by atomic mass is 16.6. The van der Waals surface area contributed by atoms with Gasteiger partial charge in [-0.2, -0.15) is 0 Å². The van der Waals surface area contributed by atoms with Gasteiger partial charge in [-0.3, -0.25) is 0 Å². The highest BCUT2D eigenvalue weighted by Crippen LogP contribution is 2.49. The average Bonchev–Trinajstić information content (AvgIpc) is 3.11. The van der Waals surface area contributed by atoms with Crippen LogP contribution in [-0.4, -0.2) is 29.9 Å². The normalized spacial score (nSPS) is 39.3. The van der Waals surface area contributed by atoms with E-state index in [9.17, 15) is 4.79 Å². The summed E-state index contributed by atoms with van der Waals surface area (Å²) >= 11 is 0. The number of alkyl carbamates (subject to hydrolysis) is 1. The zero-order valence-corrected chi connectivity index (χ0v) is 13.6. The third kappa shape index (κ3) is 3.91. The maximum absolute atomic E-state index is 12.0. The first-order valence-corrected chi connectivity index (χ1v) is 8.49. The van der Waals surface area contributed by atoms with Crippen molar-refractivity contribution in [1.82, 2.24) is 5.32 Å². The second-order valence-corrected chi connectivity index (χ2v) is 8.23. The van der Waals surface area contributed by atoms with Crippen LogP contribution < -0.4 is 5.32 Å². The Balaban J connectivity index is 1.54. The molecule has 0 aromatic carbocycles. The van der Waals surface area contributed by atoms with E-state index in [1.807, 2.05) is 20.8 Å². The Labute approximate surface area is 127 Å². The summed E-state index contributed by atoms with van der Waals surface area (Å²) in [5.41, 5.74) is -0.415. The van der Waals surface area contributed by atoms with E-state index in [1.54, 1.807) is 0 Å². The molecule has 4 nitrogen and oxygen atoms in total. The van der Waals surface area contributed by atoms with E-state index < -0.39 is 5.60 Å². The number of nitrogens with one attached hydrogen (secondary N) is 1. The molecule has 0 bridgehead atoms. The van der Waals surface area contributed by atoms with Crippen LogP contribution in [-0.2, 0) is 9.47 Å². The number of carbonyl (C=O) groups excluding carboxylic acids is 1. The van der Waals surface area contributed by atoms with Crippen LogP contribution in [0, 0.1) is 11.8 Å². The maximum Gasteiger partial charge on any atom is 0.407 e. The molecule has 1 amide bonds. The van der Waals surface area contributed by atoms with Gasteiger partial charge < -0.3 is 14.8 Å². The lowest BCUT2D eigenvalue weighted by atomic mass is 9.78.